The van der Waals surface area contributed by atoms with Crippen molar-refractivity contribution >= 4 is 33.4 Å². The molecule has 0 saturated carbocycles. The molecule has 37 heavy (non-hydrogen) atoms. The highest BCUT2D eigenvalue weighted by molar-refractivity contribution is 5.88. The molecule has 0 aliphatic carbocycles. The average Bonchev–Trinajstić information content (AvgIpc) is 3.45. The maximum absolute atomic E-state index is 13.5. The van der Waals surface area contributed by atoms with Gasteiger partial charge in [0.25, 0.3) is 11.1 Å². The molecule has 2 aromatic carbocycles. The lowest BCUT2D eigenvalue weighted by molar-refractivity contribution is 0.687. The van der Waals surface area contributed by atoms with E-state index in [0.717, 1.165) is 32.9 Å². The van der Waals surface area contributed by atoms with E-state index < -0.39 is 34.3 Å². The maximum atomic E-state index is 13.5. The van der Waals surface area contributed by atoms with Crippen molar-refractivity contribution in [2.24, 2.45) is 0 Å². The van der Waals surface area contributed by atoms with Gasteiger partial charge in [0.1, 0.15) is 11.6 Å². The second-order valence-electron chi connectivity index (χ2n) is 9.05. The number of rotatable bonds is 2. The molecule has 11 nitrogen and oxygen atoms in total. The first-order valence-corrected chi connectivity index (χ1v) is 11.6. The zero-order valence-corrected chi connectivity index (χ0v) is 19.1. The molecule has 4 aromatic heterocycles. The van der Waals surface area contributed by atoms with Gasteiger partial charge in [0, 0.05) is 46.0 Å². The second-order valence-corrected chi connectivity index (χ2v) is 9.05. The van der Waals surface area contributed by atoms with E-state index in [9.17, 15) is 19.2 Å². The number of fused-ring (bicyclic) bond motifs is 4. The van der Waals surface area contributed by atoms with Gasteiger partial charge in [-0.15, -0.1) is 0 Å². The van der Waals surface area contributed by atoms with Crippen molar-refractivity contribution in [1.82, 2.24) is 29.9 Å². The van der Waals surface area contributed by atoms with Gasteiger partial charge in [0.05, 0.1) is 11.1 Å². The lowest BCUT2D eigenvalue weighted by Crippen LogP contribution is -2.31. The van der Waals surface area contributed by atoms with Gasteiger partial charge >= 0.3 is 11.4 Å². The first-order valence-electron chi connectivity index (χ1n) is 11.6. The van der Waals surface area contributed by atoms with Crippen LogP contribution < -0.4 is 27.8 Å². The summed E-state index contributed by atoms with van der Waals surface area (Å²) < 4.78 is 0. The molecule has 11 heteroatoms. The number of hydrogen-bond acceptors (Lipinski definition) is 5. The predicted molar refractivity (Wildman–Crippen MR) is 139 cm³/mol. The Morgan fingerprint density at radius 1 is 0.541 bits per heavy atom. The number of benzene rings is 2. The van der Waals surface area contributed by atoms with E-state index in [1.807, 2.05) is 60.9 Å². The molecule has 2 atom stereocenters. The van der Waals surface area contributed by atoms with Crippen LogP contribution in [0.25, 0.3) is 21.8 Å². The van der Waals surface area contributed by atoms with Crippen molar-refractivity contribution in [3.05, 3.63) is 125 Å². The van der Waals surface area contributed by atoms with E-state index in [1.165, 1.54) is 0 Å². The van der Waals surface area contributed by atoms with Gasteiger partial charge in [-0.3, -0.25) is 29.5 Å². The van der Waals surface area contributed by atoms with Crippen LogP contribution in [0.2, 0.25) is 0 Å². The SMILES string of the molecule is O=c1[nH]c2c(c(=O)[nH]1)C(c1c[nH]c3ccccc13)C(c1c[nH]c3ccccc13)c1c([nH]c(=O)[nH]c1=O)N2. The number of para-hydroxylation sites is 2. The van der Waals surface area contributed by atoms with Crippen molar-refractivity contribution in [3.8, 4) is 0 Å². The number of aromatic nitrogens is 6. The summed E-state index contributed by atoms with van der Waals surface area (Å²) in [6.07, 6.45) is 3.63. The van der Waals surface area contributed by atoms with Crippen LogP contribution in [0.4, 0.5) is 11.6 Å². The predicted octanol–water partition coefficient (Wildman–Crippen LogP) is 2.42. The van der Waals surface area contributed by atoms with E-state index in [0.29, 0.717) is 0 Å². The quantitative estimate of drug-likeness (QED) is 0.196. The number of aromatic amines is 6. The Morgan fingerprint density at radius 3 is 1.43 bits per heavy atom. The highest BCUT2D eigenvalue weighted by Gasteiger charge is 2.40. The zero-order valence-electron chi connectivity index (χ0n) is 19.1. The average molecular weight is 493 g/mol. The second kappa shape index (κ2) is 7.59. The van der Waals surface area contributed by atoms with E-state index >= 15 is 0 Å². The molecule has 182 valence electrons. The van der Waals surface area contributed by atoms with Gasteiger partial charge < -0.3 is 15.3 Å². The third kappa shape index (κ3) is 3.07. The summed E-state index contributed by atoms with van der Waals surface area (Å²) in [7, 11) is 0. The van der Waals surface area contributed by atoms with E-state index in [2.05, 4.69) is 35.2 Å². The lowest BCUT2D eigenvalue weighted by atomic mass is 9.74. The van der Waals surface area contributed by atoms with Gasteiger partial charge in [-0.05, 0) is 23.3 Å². The fraction of sp³-hybridized carbons (Fsp3) is 0.0769. The number of H-pyrrole nitrogens is 6. The summed E-state index contributed by atoms with van der Waals surface area (Å²) >= 11 is 0. The smallest absolute Gasteiger partial charge is 0.327 e. The standard InChI is InChI=1S/C26H19N7O4/c34-23-19-17(13-9-27-15-7-3-1-5-11(13)15)18(14-10-28-16-8-4-2-6-12(14)16)20-22(31-26(37)33-24(20)35)29-21(19)30-25(36)32-23/h1-10,17-18,27-28H,(H5,29,30,31,32,33,34,35,36,37). The minimum atomic E-state index is -0.730. The zero-order chi connectivity index (χ0) is 25.3. The van der Waals surface area contributed by atoms with Crippen LogP contribution in [-0.2, 0) is 0 Å². The fourth-order valence-electron chi connectivity index (χ4n) is 5.61. The summed E-state index contributed by atoms with van der Waals surface area (Å²) in [5.41, 5.74) is 1.05. The third-order valence-corrected chi connectivity index (χ3v) is 7.08. The van der Waals surface area contributed by atoms with Crippen molar-refractivity contribution in [2.45, 2.75) is 11.8 Å². The molecule has 0 bridgehead atoms. The molecule has 0 fully saturated rings. The molecule has 6 aromatic rings. The first-order chi connectivity index (χ1) is 18.0. The maximum Gasteiger partial charge on any atom is 0.327 e. The number of anilines is 2. The van der Waals surface area contributed by atoms with Crippen LogP contribution in [-0.4, -0.2) is 29.9 Å². The van der Waals surface area contributed by atoms with Gasteiger partial charge in [0.2, 0.25) is 0 Å². The minimum absolute atomic E-state index is 0.105. The normalized spacial score (nSPS) is 16.8. The van der Waals surface area contributed by atoms with Crippen molar-refractivity contribution in [3.63, 3.8) is 0 Å². The van der Waals surface area contributed by atoms with Gasteiger partial charge in [0.15, 0.2) is 0 Å². The summed E-state index contributed by atoms with van der Waals surface area (Å²) in [5, 5.41) is 4.69. The molecule has 0 saturated heterocycles. The lowest BCUT2D eigenvalue weighted by Gasteiger charge is -2.26. The topological polar surface area (TPSA) is 175 Å². The Labute approximate surface area is 205 Å². The molecule has 5 heterocycles. The molecule has 0 radical (unpaired) electrons. The summed E-state index contributed by atoms with van der Waals surface area (Å²) in [5.74, 6) is -1.25. The Hall–Kier alpha value is -5.32. The Balaban J connectivity index is 1.68. The molecule has 1 aliphatic heterocycles. The Kier molecular flexibility index (Phi) is 4.31. The van der Waals surface area contributed by atoms with Crippen LogP contribution >= 0.6 is 0 Å². The van der Waals surface area contributed by atoms with Crippen molar-refractivity contribution in [2.75, 3.05) is 5.32 Å². The summed E-state index contributed by atoms with van der Waals surface area (Å²) in [4.78, 5) is 68.1. The Bertz CT molecular complexity index is 1940. The van der Waals surface area contributed by atoms with Crippen molar-refractivity contribution in [1.29, 1.82) is 0 Å². The number of nitrogens with one attached hydrogen (secondary N) is 7. The van der Waals surface area contributed by atoms with Gasteiger partial charge in [-0.2, -0.15) is 0 Å². The molecule has 0 spiro atoms. The molecule has 7 rings (SSSR count). The van der Waals surface area contributed by atoms with Crippen LogP contribution in [0, 0.1) is 0 Å². The van der Waals surface area contributed by atoms with Gasteiger partial charge in [-0.25, -0.2) is 9.59 Å². The highest BCUT2D eigenvalue weighted by Crippen LogP contribution is 2.49. The molecular formula is C26H19N7O4. The van der Waals surface area contributed by atoms with Gasteiger partial charge in [-0.1, -0.05) is 36.4 Å². The fourth-order valence-corrected chi connectivity index (χ4v) is 5.61. The summed E-state index contributed by atoms with van der Waals surface area (Å²) in [6, 6.07) is 15.3. The van der Waals surface area contributed by atoms with E-state index in [1.54, 1.807) is 0 Å². The Morgan fingerprint density at radius 2 is 0.973 bits per heavy atom. The van der Waals surface area contributed by atoms with E-state index in [4.69, 9.17) is 0 Å². The van der Waals surface area contributed by atoms with Crippen LogP contribution in [0.1, 0.15) is 34.1 Å². The minimum Gasteiger partial charge on any atom is -0.361 e. The largest absolute Gasteiger partial charge is 0.361 e. The van der Waals surface area contributed by atoms with Crippen molar-refractivity contribution < 1.29 is 0 Å². The monoisotopic (exact) mass is 493 g/mol. The van der Waals surface area contributed by atoms with Crippen LogP contribution in [0.5, 0.6) is 0 Å². The molecule has 1 aliphatic rings. The molecular weight excluding hydrogens is 474 g/mol. The third-order valence-electron chi connectivity index (χ3n) is 7.08. The number of hydrogen-bond donors (Lipinski definition) is 7. The first kappa shape index (κ1) is 21.0. The molecule has 2 unspecified atom stereocenters. The van der Waals surface area contributed by atoms with Crippen LogP contribution in [0.3, 0.4) is 0 Å². The summed E-state index contributed by atoms with van der Waals surface area (Å²) in [6.45, 7) is 0. The molecule has 7 N–H and O–H groups in total. The van der Waals surface area contributed by atoms with E-state index in [-0.39, 0.29) is 22.8 Å². The highest BCUT2D eigenvalue weighted by atomic mass is 16.2. The molecule has 0 amide bonds. The van der Waals surface area contributed by atoms with Crippen LogP contribution in [0.15, 0.2) is 80.1 Å².